The van der Waals surface area contributed by atoms with Gasteiger partial charge in [-0.1, -0.05) is 18.2 Å². The Balaban J connectivity index is 0.000000720. The summed E-state index contributed by atoms with van der Waals surface area (Å²) < 4.78 is 4.91. The molecule has 0 fully saturated rings. The summed E-state index contributed by atoms with van der Waals surface area (Å²) in [7, 11) is 0. The summed E-state index contributed by atoms with van der Waals surface area (Å²) >= 11 is 0. The van der Waals surface area contributed by atoms with Gasteiger partial charge in [0.1, 0.15) is 5.58 Å². The van der Waals surface area contributed by atoms with E-state index in [-0.39, 0.29) is 35.2 Å². The minimum Gasteiger partial charge on any atom is -0.423 e. The molecule has 0 aliphatic rings. The van der Waals surface area contributed by atoms with Crippen LogP contribution in [0.4, 0.5) is 0 Å². The van der Waals surface area contributed by atoms with Crippen LogP contribution in [-0.4, -0.2) is 29.6 Å². The SMILES string of the molecule is O=c1ccc2ccccc2o1.[Na]. The van der Waals surface area contributed by atoms with Crippen molar-refractivity contribution in [1.29, 1.82) is 0 Å². The zero-order chi connectivity index (χ0) is 7.68. The van der Waals surface area contributed by atoms with Crippen LogP contribution < -0.4 is 5.63 Å². The molecule has 1 heterocycles. The molecule has 2 rings (SSSR count). The average Bonchev–Trinajstić information content (AvgIpc) is 2.04. The second-order valence-corrected chi connectivity index (χ2v) is 2.29. The number of fused-ring (bicyclic) bond motifs is 1. The van der Waals surface area contributed by atoms with Crippen molar-refractivity contribution in [3.63, 3.8) is 0 Å². The zero-order valence-corrected chi connectivity index (χ0v) is 8.78. The molecule has 0 aliphatic carbocycles. The van der Waals surface area contributed by atoms with Crippen LogP contribution in [0.25, 0.3) is 11.0 Å². The van der Waals surface area contributed by atoms with Gasteiger partial charge in [0.25, 0.3) is 0 Å². The zero-order valence-electron chi connectivity index (χ0n) is 6.78. The van der Waals surface area contributed by atoms with E-state index in [0.717, 1.165) is 5.39 Å². The minimum absolute atomic E-state index is 0. The van der Waals surface area contributed by atoms with Gasteiger partial charge in [-0.25, -0.2) is 4.79 Å². The van der Waals surface area contributed by atoms with Crippen molar-refractivity contribution in [3.8, 4) is 0 Å². The van der Waals surface area contributed by atoms with Gasteiger partial charge in [-0.3, -0.25) is 0 Å². The Bertz CT molecular complexity index is 433. The van der Waals surface area contributed by atoms with E-state index in [2.05, 4.69) is 0 Å². The molecule has 0 amide bonds. The predicted molar refractivity (Wildman–Crippen MR) is 48.2 cm³/mol. The van der Waals surface area contributed by atoms with Crippen LogP contribution in [0.2, 0.25) is 0 Å². The normalized spacial score (nSPS) is 9.33. The fraction of sp³-hybridized carbons (Fsp3) is 0. The van der Waals surface area contributed by atoms with Gasteiger partial charge in [-0.05, 0) is 12.1 Å². The van der Waals surface area contributed by atoms with Crippen molar-refractivity contribution in [2.45, 2.75) is 0 Å². The van der Waals surface area contributed by atoms with Crippen molar-refractivity contribution in [1.82, 2.24) is 0 Å². The van der Waals surface area contributed by atoms with Gasteiger partial charge in [0, 0.05) is 41.0 Å². The van der Waals surface area contributed by atoms with Crippen LogP contribution in [0.1, 0.15) is 0 Å². The third-order valence-electron chi connectivity index (χ3n) is 1.53. The summed E-state index contributed by atoms with van der Waals surface area (Å²) in [6, 6.07) is 10.6. The Morgan fingerprint density at radius 3 is 2.58 bits per heavy atom. The standard InChI is InChI=1S/C9H6O2.Na/c10-9-6-5-7-3-1-2-4-8(7)11-9;/h1-6H;. The van der Waals surface area contributed by atoms with Crippen LogP contribution in [0.3, 0.4) is 0 Å². The van der Waals surface area contributed by atoms with E-state index < -0.39 is 0 Å². The first kappa shape index (κ1) is 9.52. The van der Waals surface area contributed by atoms with Crippen molar-refractivity contribution in [2.75, 3.05) is 0 Å². The first-order chi connectivity index (χ1) is 5.36. The molecule has 0 saturated carbocycles. The molecule has 1 radical (unpaired) electrons. The summed E-state index contributed by atoms with van der Waals surface area (Å²) in [4.78, 5) is 10.7. The molecule has 2 nitrogen and oxygen atoms in total. The van der Waals surface area contributed by atoms with Crippen molar-refractivity contribution >= 4 is 40.5 Å². The van der Waals surface area contributed by atoms with E-state index in [1.807, 2.05) is 18.2 Å². The number of benzene rings is 1. The second-order valence-electron chi connectivity index (χ2n) is 2.29. The molecule has 1 aromatic carbocycles. The molecule has 0 saturated heterocycles. The Labute approximate surface area is 91.5 Å². The van der Waals surface area contributed by atoms with Gasteiger partial charge >= 0.3 is 5.63 Å². The fourth-order valence-corrected chi connectivity index (χ4v) is 1.01. The van der Waals surface area contributed by atoms with Gasteiger partial charge in [0.2, 0.25) is 0 Å². The average molecular weight is 169 g/mol. The smallest absolute Gasteiger partial charge is 0.336 e. The Hall–Kier alpha value is -0.570. The molecular weight excluding hydrogens is 163 g/mol. The third-order valence-corrected chi connectivity index (χ3v) is 1.53. The third kappa shape index (κ3) is 1.78. The maximum Gasteiger partial charge on any atom is 0.336 e. The second kappa shape index (κ2) is 3.90. The van der Waals surface area contributed by atoms with E-state index in [4.69, 9.17) is 4.42 Å². The molecule has 3 heteroatoms. The molecule has 55 valence electrons. The first-order valence-electron chi connectivity index (χ1n) is 3.35. The molecule has 1 aromatic heterocycles. The van der Waals surface area contributed by atoms with Gasteiger partial charge < -0.3 is 4.42 Å². The van der Waals surface area contributed by atoms with Crippen molar-refractivity contribution < 1.29 is 4.42 Å². The minimum atomic E-state index is -0.302. The molecule has 0 unspecified atom stereocenters. The maximum absolute atomic E-state index is 10.7. The van der Waals surface area contributed by atoms with Crippen LogP contribution >= 0.6 is 0 Å². The van der Waals surface area contributed by atoms with E-state index in [9.17, 15) is 4.79 Å². The molecular formula is C9H6NaO2. The largest absolute Gasteiger partial charge is 0.423 e. The van der Waals surface area contributed by atoms with E-state index >= 15 is 0 Å². The predicted octanol–water partition coefficient (Wildman–Crippen LogP) is 1.41. The number of hydrogen-bond acceptors (Lipinski definition) is 2. The van der Waals surface area contributed by atoms with Gasteiger partial charge in [-0.15, -0.1) is 0 Å². The van der Waals surface area contributed by atoms with Gasteiger partial charge in [-0.2, -0.15) is 0 Å². The molecule has 0 spiro atoms. The summed E-state index contributed by atoms with van der Waals surface area (Å²) in [5, 5.41) is 0.951. The van der Waals surface area contributed by atoms with E-state index in [0.29, 0.717) is 5.58 Å². The molecule has 2 aromatic rings. The monoisotopic (exact) mass is 169 g/mol. The van der Waals surface area contributed by atoms with E-state index in [1.165, 1.54) is 6.07 Å². The molecule has 0 bridgehead atoms. The Kier molecular flexibility index (Phi) is 3.09. The summed E-state index contributed by atoms with van der Waals surface area (Å²) in [5.74, 6) is 0. The quantitative estimate of drug-likeness (QED) is 0.441. The fourth-order valence-electron chi connectivity index (χ4n) is 1.01. The number of para-hydroxylation sites is 1. The van der Waals surface area contributed by atoms with Crippen LogP contribution in [-0.2, 0) is 0 Å². The first-order valence-corrected chi connectivity index (χ1v) is 3.35. The molecule has 0 N–H and O–H groups in total. The number of rotatable bonds is 0. The van der Waals surface area contributed by atoms with Crippen molar-refractivity contribution in [3.05, 3.63) is 46.8 Å². The van der Waals surface area contributed by atoms with Crippen molar-refractivity contribution in [2.24, 2.45) is 0 Å². The Morgan fingerprint density at radius 1 is 1.00 bits per heavy atom. The summed E-state index contributed by atoms with van der Waals surface area (Å²) in [6.45, 7) is 0. The molecule has 12 heavy (non-hydrogen) atoms. The number of hydrogen-bond donors (Lipinski definition) is 0. The van der Waals surface area contributed by atoms with Crippen LogP contribution in [0.5, 0.6) is 0 Å². The van der Waals surface area contributed by atoms with Gasteiger partial charge in [0.05, 0.1) is 0 Å². The topological polar surface area (TPSA) is 30.2 Å². The summed E-state index contributed by atoms with van der Waals surface area (Å²) in [6.07, 6.45) is 0. The van der Waals surface area contributed by atoms with E-state index in [1.54, 1.807) is 12.1 Å². The molecule has 0 atom stereocenters. The maximum atomic E-state index is 10.7. The van der Waals surface area contributed by atoms with Gasteiger partial charge in [0.15, 0.2) is 0 Å². The van der Waals surface area contributed by atoms with Crippen LogP contribution in [0, 0.1) is 0 Å². The Morgan fingerprint density at radius 2 is 1.75 bits per heavy atom. The van der Waals surface area contributed by atoms with Crippen LogP contribution in [0.15, 0.2) is 45.6 Å². The molecule has 0 aliphatic heterocycles. The summed E-state index contributed by atoms with van der Waals surface area (Å²) in [5.41, 5.74) is 0.337.